The summed E-state index contributed by atoms with van der Waals surface area (Å²) in [4.78, 5) is 10.3. The Morgan fingerprint density at radius 2 is 1.93 bits per heavy atom. The van der Waals surface area contributed by atoms with E-state index >= 15 is 0 Å². The summed E-state index contributed by atoms with van der Waals surface area (Å²) in [6, 6.07) is 6.65. The van der Waals surface area contributed by atoms with E-state index in [0.29, 0.717) is 13.2 Å². The van der Waals surface area contributed by atoms with E-state index in [4.69, 9.17) is 15.2 Å². The summed E-state index contributed by atoms with van der Waals surface area (Å²) in [6.07, 6.45) is 0. The number of nitrogens with two attached hydrogens (primary N) is 1. The van der Waals surface area contributed by atoms with Gasteiger partial charge in [0.25, 0.3) is 0 Å². The van der Waals surface area contributed by atoms with Crippen molar-refractivity contribution in [2.75, 3.05) is 20.3 Å². The fourth-order valence-corrected chi connectivity index (χ4v) is 1.02. The molecule has 0 atom stereocenters. The molecule has 0 heterocycles. The Balaban J connectivity index is 2.28. The van der Waals surface area contributed by atoms with Crippen molar-refractivity contribution >= 4 is 6.03 Å². The van der Waals surface area contributed by atoms with Gasteiger partial charge in [-0.2, -0.15) is 0 Å². The van der Waals surface area contributed by atoms with Gasteiger partial charge in [0.05, 0.1) is 13.7 Å². The molecule has 3 N–H and O–H groups in total. The second kappa shape index (κ2) is 5.74. The Hall–Kier alpha value is -1.91. The molecule has 1 aromatic rings. The summed E-state index contributed by atoms with van der Waals surface area (Å²) in [7, 11) is 1.60. The normalized spacial score (nSPS) is 9.40. The Morgan fingerprint density at radius 3 is 2.47 bits per heavy atom. The van der Waals surface area contributed by atoms with Crippen molar-refractivity contribution in [2.45, 2.75) is 0 Å². The molecule has 0 radical (unpaired) electrons. The number of carbonyl (C=O) groups excluding carboxylic acids is 1. The van der Waals surface area contributed by atoms with Crippen molar-refractivity contribution in [1.29, 1.82) is 0 Å². The third-order valence-electron chi connectivity index (χ3n) is 1.73. The van der Waals surface area contributed by atoms with E-state index in [1.807, 2.05) is 0 Å². The van der Waals surface area contributed by atoms with Crippen LogP contribution >= 0.6 is 0 Å². The highest BCUT2D eigenvalue weighted by atomic mass is 16.5. The molecule has 1 rings (SSSR count). The van der Waals surface area contributed by atoms with Gasteiger partial charge >= 0.3 is 6.03 Å². The topological polar surface area (TPSA) is 73.6 Å². The number of primary amides is 1. The molecule has 0 aliphatic heterocycles. The average molecular weight is 210 g/mol. The predicted molar refractivity (Wildman–Crippen MR) is 56.1 cm³/mol. The van der Waals surface area contributed by atoms with Crippen LogP contribution in [0.3, 0.4) is 0 Å². The first-order valence-electron chi connectivity index (χ1n) is 4.52. The number of urea groups is 1. The maximum atomic E-state index is 10.3. The number of methoxy groups -OCH3 is 1. The van der Waals surface area contributed by atoms with Crippen LogP contribution in [-0.2, 0) is 0 Å². The number of ether oxygens (including phenoxy) is 2. The fraction of sp³-hybridized carbons (Fsp3) is 0.300. The minimum atomic E-state index is -0.548. The number of carbonyl (C=O) groups is 1. The highest BCUT2D eigenvalue weighted by molar-refractivity contribution is 5.71. The van der Waals surface area contributed by atoms with Gasteiger partial charge in [-0.25, -0.2) is 4.79 Å². The van der Waals surface area contributed by atoms with Crippen LogP contribution in [0.5, 0.6) is 11.5 Å². The Morgan fingerprint density at radius 1 is 1.33 bits per heavy atom. The fourth-order valence-electron chi connectivity index (χ4n) is 1.02. The molecule has 0 bridgehead atoms. The molecule has 0 aromatic heterocycles. The van der Waals surface area contributed by atoms with E-state index < -0.39 is 6.03 Å². The first kappa shape index (κ1) is 11.2. The van der Waals surface area contributed by atoms with E-state index in [-0.39, 0.29) is 0 Å². The molecule has 0 saturated carbocycles. The van der Waals surface area contributed by atoms with Gasteiger partial charge in [-0.05, 0) is 24.3 Å². The standard InChI is InChI=1S/C10H14N2O3/c1-14-8-2-4-9(5-3-8)15-7-6-12-10(11)13/h2-5H,6-7H2,1H3,(H3,11,12,13). The van der Waals surface area contributed by atoms with Crippen molar-refractivity contribution in [3.05, 3.63) is 24.3 Å². The predicted octanol–water partition coefficient (Wildman–Crippen LogP) is 0.742. The molecule has 5 nitrogen and oxygen atoms in total. The van der Waals surface area contributed by atoms with Gasteiger partial charge in [-0.15, -0.1) is 0 Å². The minimum absolute atomic E-state index is 0.384. The molecule has 0 aliphatic carbocycles. The summed E-state index contributed by atoms with van der Waals surface area (Å²) in [5, 5.41) is 2.43. The largest absolute Gasteiger partial charge is 0.497 e. The van der Waals surface area contributed by atoms with Crippen molar-refractivity contribution in [3.63, 3.8) is 0 Å². The van der Waals surface area contributed by atoms with Crippen molar-refractivity contribution in [1.82, 2.24) is 5.32 Å². The molecule has 1 aromatic carbocycles. The molecule has 0 fully saturated rings. The van der Waals surface area contributed by atoms with Crippen LogP contribution < -0.4 is 20.5 Å². The Labute approximate surface area is 88.2 Å². The van der Waals surface area contributed by atoms with E-state index in [2.05, 4.69) is 5.32 Å². The minimum Gasteiger partial charge on any atom is -0.497 e. The maximum absolute atomic E-state index is 10.3. The summed E-state index contributed by atoms with van der Waals surface area (Å²) >= 11 is 0. The van der Waals surface area contributed by atoms with Gasteiger partial charge in [-0.1, -0.05) is 0 Å². The van der Waals surface area contributed by atoms with E-state index in [0.717, 1.165) is 11.5 Å². The van der Waals surface area contributed by atoms with Crippen LogP contribution in [0, 0.1) is 0 Å². The number of benzene rings is 1. The van der Waals surface area contributed by atoms with E-state index in [1.165, 1.54) is 0 Å². The number of amides is 2. The first-order chi connectivity index (χ1) is 7.22. The molecule has 0 aliphatic rings. The van der Waals surface area contributed by atoms with Crippen molar-refractivity contribution in [2.24, 2.45) is 5.73 Å². The summed E-state index contributed by atoms with van der Waals surface area (Å²) < 4.78 is 10.3. The van der Waals surface area contributed by atoms with Gasteiger partial charge in [0.1, 0.15) is 18.1 Å². The Kier molecular flexibility index (Phi) is 4.28. The average Bonchev–Trinajstić information content (AvgIpc) is 2.25. The monoisotopic (exact) mass is 210 g/mol. The van der Waals surface area contributed by atoms with Gasteiger partial charge in [-0.3, -0.25) is 0 Å². The Bertz CT molecular complexity index is 311. The van der Waals surface area contributed by atoms with Crippen LogP contribution in [0.25, 0.3) is 0 Å². The first-order valence-corrected chi connectivity index (χ1v) is 4.52. The van der Waals surface area contributed by atoms with Crippen LogP contribution in [-0.4, -0.2) is 26.3 Å². The molecule has 0 saturated heterocycles. The second-order valence-corrected chi connectivity index (χ2v) is 2.82. The molecular weight excluding hydrogens is 196 g/mol. The quantitative estimate of drug-likeness (QED) is 0.704. The highest BCUT2D eigenvalue weighted by Gasteiger charge is 1.95. The van der Waals surface area contributed by atoms with Crippen LogP contribution in [0.4, 0.5) is 4.79 Å². The van der Waals surface area contributed by atoms with Crippen LogP contribution in [0.2, 0.25) is 0 Å². The van der Waals surface area contributed by atoms with Crippen LogP contribution in [0.1, 0.15) is 0 Å². The molecule has 15 heavy (non-hydrogen) atoms. The molecule has 5 heteroatoms. The van der Waals surface area contributed by atoms with E-state index in [1.54, 1.807) is 31.4 Å². The number of nitrogens with one attached hydrogen (secondary N) is 1. The van der Waals surface area contributed by atoms with Crippen molar-refractivity contribution in [3.8, 4) is 11.5 Å². The molecular formula is C10H14N2O3. The van der Waals surface area contributed by atoms with Crippen molar-refractivity contribution < 1.29 is 14.3 Å². The highest BCUT2D eigenvalue weighted by Crippen LogP contribution is 2.16. The second-order valence-electron chi connectivity index (χ2n) is 2.82. The van der Waals surface area contributed by atoms with Gasteiger partial charge in [0, 0.05) is 0 Å². The number of hydrogen-bond donors (Lipinski definition) is 2. The third kappa shape index (κ3) is 4.21. The van der Waals surface area contributed by atoms with E-state index in [9.17, 15) is 4.79 Å². The lowest BCUT2D eigenvalue weighted by atomic mass is 10.3. The SMILES string of the molecule is COc1ccc(OCCNC(N)=O)cc1. The summed E-state index contributed by atoms with van der Waals surface area (Å²) in [6.45, 7) is 0.774. The number of rotatable bonds is 5. The number of hydrogen-bond acceptors (Lipinski definition) is 3. The zero-order valence-electron chi connectivity index (χ0n) is 8.53. The lowest BCUT2D eigenvalue weighted by Crippen LogP contribution is -2.32. The molecule has 0 unspecified atom stereocenters. The smallest absolute Gasteiger partial charge is 0.312 e. The van der Waals surface area contributed by atoms with Gasteiger partial charge in [0.15, 0.2) is 0 Å². The van der Waals surface area contributed by atoms with Gasteiger partial charge in [0.2, 0.25) is 0 Å². The maximum Gasteiger partial charge on any atom is 0.312 e. The lowest BCUT2D eigenvalue weighted by Gasteiger charge is -2.06. The van der Waals surface area contributed by atoms with Crippen LogP contribution in [0.15, 0.2) is 24.3 Å². The molecule has 82 valence electrons. The third-order valence-corrected chi connectivity index (χ3v) is 1.73. The zero-order valence-corrected chi connectivity index (χ0v) is 8.53. The summed E-state index contributed by atoms with van der Waals surface area (Å²) in [5.41, 5.74) is 4.89. The summed E-state index contributed by atoms with van der Waals surface area (Å²) in [5.74, 6) is 1.50. The molecule has 0 spiro atoms. The van der Waals surface area contributed by atoms with Gasteiger partial charge < -0.3 is 20.5 Å². The zero-order chi connectivity index (χ0) is 11.1. The lowest BCUT2D eigenvalue weighted by molar-refractivity contribution is 0.244. The molecule has 2 amide bonds.